The van der Waals surface area contributed by atoms with E-state index >= 15 is 0 Å². The van der Waals surface area contributed by atoms with Crippen molar-refractivity contribution in [3.63, 3.8) is 0 Å². The van der Waals surface area contributed by atoms with Crippen LogP contribution < -0.4 is 0 Å². The molecule has 3 heteroatoms. The Hall–Kier alpha value is -0.860. The van der Waals surface area contributed by atoms with Crippen molar-refractivity contribution in [3.8, 4) is 0 Å². The third kappa shape index (κ3) is 5.89. The number of Topliss-reactive ketones (excluding diaryl/α,β-unsaturated/α-hetero) is 1. The van der Waals surface area contributed by atoms with Crippen molar-refractivity contribution >= 4 is 11.7 Å². The van der Waals surface area contributed by atoms with E-state index in [0.29, 0.717) is 13.0 Å². The predicted molar refractivity (Wildman–Crippen MR) is 66.2 cm³/mol. The molecule has 1 amide bonds. The first-order valence-corrected chi connectivity index (χ1v) is 6.09. The van der Waals surface area contributed by atoms with Gasteiger partial charge in [0, 0.05) is 13.0 Å². The maximum Gasteiger partial charge on any atom is 0.222 e. The fourth-order valence-electron chi connectivity index (χ4n) is 1.43. The SMILES string of the molecule is CCN(CC(C)=O)C(=O)CCC(C)(C)CC. The van der Waals surface area contributed by atoms with Gasteiger partial charge in [0.05, 0.1) is 6.54 Å². The van der Waals surface area contributed by atoms with Crippen molar-refractivity contribution in [2.45, 2.75) is 53.9 Å². The van der Waals surface area contributed by atoms with E-state index < -0.39 is 0 Å². The van der Waals surface area contributed by atoms with Crippen LogP contribution in [0, 0.1) is 5.41 Å². The third-order valence-electron chi connectivity index (χ3n) is 3.12. The Kier molecular flexibility index (Phi) is 6.31. The lowest BCUT2D eigenvalue weighted by Gasteiger charge is -2.25. The average molecular weight is 227 g/mol. The second-order valence-electron chi connectivity index (χ2n) is 5.13. The fraction of sp³-hybridized carbons (Fsp3) is 0.846. The predicted octanol–water partition coefficient (Wildman–Crippen LogP) is 2.64. The van der Waals surface area contributed by atoms with E-state index in [9.17, 15) is 9.59 Å². The quantitative estimate of drug-likeness (QED) is 0.670. The largest absolute Gasteiger partial charge is 0.336 e. The topological polar surface area (TPSA) is 37.4 Å². The molecular weight excluding hydrogens is 202 g/mol. The number of hydrogen-bond acceptors (Lipinski definition) is 2. The maximum atomic E-state index is 11.8. The molecule has 0 aromatic rings. The van der Waals surface area contributed by atoms with Crippen LogP contribution in [-0.2, 0) is 9.59 Å². The van der Waals surface area contributed by atoms with Gasteiger partial charge in [-0.05, 0) is 25.7 Å². The molecule has 0 atom stereocenters. The Morgan fingerprint density at radius 3 is 2.12 bits per heavy atom. The number of likely N-dealkylation sites (N-methyl/N-ethyl adjacent to an activating group) is 1. The first kappa shape index (κ1) is 15.1. The monoisotopic (exact) mass is 227 g/mol. The van der Waals surface area contributed by atoms with Gasteiger partial charge in [-0.3, -0.25) is 9.59 Å². The summed E-state index contributed by atoms with van der Waals surface area (Å²) in [5.74, 6) is 0.143. The first-order chi connectivity index (χ1) is 7.32. The molecule has 3 nitrogen and oxygen atoms in total. The highest BCUT2D eigenvalue weighted by molar-refractivity contribution is 5.84. The van der Waals surface area contributed by atoms with Gasteiger partial charge in [0.2, 0.25) is 5.91 Å². The molecule has 0 aliphatic carbocycles. The second-order valence-corrected chi connectivity index (χ2v) is 5.13. The highest BCUT2D eigenvalue weighted by Gasteiger charge is 2.19. The van der Waals surface area contributed by atoms with Crippen LogP contribution >= 0.6 is 0 Å². The van der Waals surface area contributed by atoms with Gasteiger partial charge in [-0.2, -0.15) is 0 Å². The zero-order valence-electron chi connectivity index (χ0n) is 11.3. The van der Waals surface area contributed by atoms with E-state index in [-0.39, 0.29) is 23.7 Å². The van der Waals surface area contributed by atoms with Gasteiger partial charge in [-0.1, -0.05) is 27.2 Å². The molecule has 0 spiro atoms. The van der Waals surface area contributed by atoms with E-state index in [1.165, 1.54) is 6.92 Å². The summed E-state index contributed by atoms with van der Waals surface area (Å²) >= 11 is 0. The van der Waals surface area contributed by atoms with Crippen LogP contribution in [0.2, 0.25) is 0 Å². The van der Waals surface area contributed by atoms with E-state index in [2.05, 4.69) is 20.8 Å². The lowest BCUT2D eigenvalue weighted by atomic mass is 9.85. The zero-order chi connectivity index (χ0) is 12.8. The third-order valence-corrected chi connectivity index (χ3v) is 3.12. The fourth-order valence-corrected chi connectivity index (χ4v) is 1.43. The molecule has 0 aliphatic rings. The molecule has 0 radical (unpaired) electrons. The Labute approximate surface area is 99.2 Å². The summed E-state index contributed by atoms with van der Waals surface area (Å²) in [5, 5.41) is 0. The van der Waals surface area contributed by atoms with Crippen LogP contribution in [0.3, 0.4) is 0 Å². The molecule has 0 fully saturated rings. The number of amides is 1. The van der Waals surface area contributed by atoms with E-state index in [1.807, 2.05) is 6.92 Å². The van der Waals surface area contributed by atoms with Crippen LogP contribution in [0.5, 0.6) is 0 Å². The van der Waals surface area contributed by atoms with Gasteiger partial charge in [-0.15, -0.1) is 0 Å². The molecule has 0 N–H and O–H groups in total. The van der Waals surface area contributed by atoms with Crippen LogP contribution in [0.4, 0.5) is 0 Å². The van der Waals surface area contributed by atoms with Crippen LogP contribution in [0.1, 0.15) is 53.9 Å². The zero-order valence-corrected chi connectivity index (χ0v) is 11.3. The van der Waals surface area contributed by atoms with Crippen LogP contribution in [0.25, 0.3) is 0 Å². The summed E-state index contributed by atoms with van der Waals surface area (Å²) in [4.78, 5) is 24.5. The molecule has 0 aromatic heterocycles. The standard InChI is InChI=1S/C13H25NO2/c1-6-13(4,5)9-8-12(16)14(7-2)10-11(3)15/h6-10H2,1-5H3. The summed E-state index contributed by atoms with van der Waals surface area (Å²) in [6.07, 6.45) is 2.50. The molecule has 94 valence electrons. The summed E-state index contributed by atoms with van der Waals surface area (Å²) in [5.41, 5.74) is 0.214. The van der Waals surface area contributed by atoms with Gasteiger partial charge >= 0.3 is 0 Å². The van der Waals surface area contributed by atoms with Crippen LogP contribution in [-0.4, -0.2) is 29.7 Å². The molecule has 0 aliphatic heterocycles. The van der Waals surface area contributed by atoms with Gasteiger partial charge in [-0.25, -0.2) is 0 Å². The summed E-state index contributed by atoms with van der Waals surface area (Å²) in [6, 6.07) is 0. The second kappa shape index (κ2) is 6.66. The number of carbonyl (C=O) groups excluding carboxylic acids is 2. The van der Waals surface area contributed by atoms with Crippen molar-refractivity contribution in [1.29, 1.82) is 0 Å². The Balaban J connectivity index is 4.17. The van der Waals surface area contributed by atoms with Crippen molar-refractivity contribution < 1.29 is 9.59 Å². The minimum atomic E-state index is 0.0463. The summed E-state index contributed by atoms with van der Waals surface area (Å²) in [6.45, 7) is 10.8. The number of nitrogens with zero attached hydrogens (tertiary/aromatic N) is 1. The molecular formula is C13H25NO2. The minimum absolute atomic E-state index is 0.0463. The summed E-state index contributed by atoms with van der Waals surface area (Å²) < 4.78 is 0. The highest BCUT2D eigenvalue weighted by Crippen LogP contribution is 2.26. The Morgan fingerprint density at radius 1 is 1.19 bits per heavy atom. The number of hydrogen-bond donors (Lipinski definition) is 0. The van der Waals surface area contributed by atoms with E-state index in [0.717, 1.165) is 12.8 Å². The smallest absolute Gasteiger partial charge is 0.222 e. The molecule has 0 rings (SSSR count). The number of rotatable bonds is 7. The number of carbonyl (C=O) groups is 2. The molecule has 0 aromatic carbocycles. The van der Waals surface area contributed by atoms with Crippen molar-refractivity contribution in [1.82, 2.24) is 4.90 Å². The molecule has 0 saturated carbocycles. The first-order valence-electron chi connectivity index (χ1n) is 6.09. The Morgan fingerprint density at radius 2 is 1.75 bits per heavy atom. The highest BCUT2D eigenvalue weighted by atomic mass is 16.2. The normalized spacial score (nSPS) is 11.3. The summed E-state index contributed by atoms with van der Waals surface area (Å²) in [7, 11) is 0. The van der Waals surface area contributed by atoms with E-state index in [1.54, 1.807) is 4.90 Å². The average Bonchev–Trinajstić information content (AvgIpc) is 2.22. The van der Waals surface area contributed by atoms with Crippen LogP contribution in [0.15, 0.2) is 0 Å². The Bertz CT molecular complexity index is 246. The lowest BCUT2D eigenvalue weighted by molar-refractivity contribution is -0.135. The van der Waals surface area contributed by atoms with Gasteiger partial charge in [0.25, 0.3) is 0 Å². The molecule has 0 unspecified atom stereocenters. The van der Waals surface area contributed by atoms with Crippen molar-refractivity contribution in [2.24, 2.45) is 5.41 Å². The van der Waals surface area contributed by atoms with E-state index in [4.69, 9.17) is 0 Å². The minimum Gasteiger partial charge on any atom is -0.336 e. The molecule has 0 bridgehead atoms. The van der Waals surface area contributed by atoms with Gasteiger partial charge in [0.1, 0.15) is 5.78 Å². The molecule has 0 heterocycles. The van der Waals surface area contributed by atoms with Gasteiger partial charge < -0.3 is 4.90 Å². The van der Waals surface area contributed by atoms with Crippen molar-refractivity contribution in [3.05, 3.63) is 0 Å². The number of ketones is 1. The van der Waals surface area contributed by atoms with Crippen molar-refractivity contribution in [2.75, 3.05) is 13.1 Å². The maximum absolute atomic E-state index is 11.8. The molecule has 0 saturated heterocycles. The molecule has 16 heavy (non-hydrogen) atoms. The van der Waals surface area contributed by atoms with Gasteiger partial charge in [0.15, 0.2) is 0 Å². The lowest BCUT2D eigenvalue weighted by Crippen LogP contribution is -2.35.